The molecule has 1 aromatic rings. The molecule has 0 fully saturated rings. The minimum absolute atomic E-state index is 0.00483. The van der Waals surface area contributed by atoms with Crippen LogP contribution in [0.15, 0.2) is 24.3 Å². The quantitative estimate of drug-likeness (QED) is 0.120. The van der Waals surface area contributed by atoms with Crippen LogP contribution >= 0.6 is 0 Å². The van der Waals surface area contributed by atoms with Crippen molar-refractivity contribution < 1.29 is 54.0 Å². The number of carbonyl (C=O) groups is 7. The molecule has 2 bridgehead atoms. The van der Waals surface area contributed by atoms with Gasteiger partial charge in [0.1, 0.15) is 6.04 Å². The van der Waals surface area contributed by atoms with Crippen molar-refractivity contribution in [2.45, 2.75) is 32.0 Å². The molecule has 0 spiro atoms. The van der Waals surface area contributed by atoms with Crippen molar-refractivity contribution in [3.05, 3.63) is 41.2 Å². The molecule has 0 aromatic carbocycles. The number of carbonyl (C=O) groups excluding carboxylic acids is 3. The Kier molecular flexibility index (Phi) is 12.0. The molecule has 3 amide bonds. The summed E-state index contributed by atoms with van der Waals surface area (Å²) < 4.78 is 0. The average molecular weight is 619 g/mol. The standard InChI is InChI=1S/C27H34N6O11/c34-21-2-3-22(35)33(21)5-1-4-28-26(42)17-10-18-13-30(15-24(38)39)6-8-32(20(27(43)44)12-23(36)37)9-7-31(16-25(40)41)14-19(11-17)29-18/h2-3,10-11,20H,1,4-9,12-16H2,(H,28,42)(H,36,37)(H,38,39)(H,40,41)(H,43,44)/t20-/m0/s1. The molecule has 1 aromatic heterocycles. The summed E-state index contributed by atoms with van der Waals surface area (Å²) in [5.74, 6) is -6.43. The van der Waals surface area contributed by atoms with Crippen molar-refractivity contribution in [1.82, 2.24) is 29.9 Å². The van der Waals surface area contributed by atoms with Crippen LogP contribution in [0.4, 0.5) is 0 Å². The fourth-order valence-corrected chi connectivity index (χ4v) is 4.91. The molecule has 0 aliphatic carbocycles. The van der Waals surface area contributed by atoms with Crippen LogP contribution in [0, 0.1) is 0 Å². The summed E-state index contributed by atoms with van der Waals surface area (Å²) in [6.07, 6.45) is 1.91. The summed E-state index contributed by atoms with van der Waals surface area (Å²) in [5.41, 5.74) is 0.781. The zero-order chi connectivity index (χ0) is 32.4. The molecule has 0 radical (unpaired) electrons. The summed E-state index contributed by atoms with van der Waals surface area (Å²) in [4.78, 5) is 92.9. The number of amides is 3. The maximum Gasteiger partial charge on any atom is 0.321 e. The number of nitrogens with one attached hydrogen (secondary N) is 1. The number of carboxylic acid groups (broad SMARTS) is 4. The monoisotopic (exact) mass is 618 g/mol. The van der Waals surface area contributed by atoms with Gasteiger partial charge >= 0.3 is 23.9 Å². The summed E-state index contributed by atoms with van der Waals surface area (Å²) in [5, 5.41) is 40.7. The molecule has 3 heterocycles. The van der Waals surface area contributed by atoms with Crippen molar-refractivity contribution in [2.24, 2.45) is 0 Å². The Morgan fingerprint density at radius 3 is 1.77 bits per heavy atom. The Morgan fingerprint density at radius 2 is 1.32 bits per heavy atom. The summed E-state index contributed by atoms with van der Waals surface area (Å²) in [6, 6.07) is 1.49. The zero-order valence-corrected chi connectivity index (χ0v) is 23.8. The summed E-state index contributed by atoms with van der Waals surface area (Å²) >= 11 is 0. The van der Waals surface area contributed by atoms with E-state index in [1.54, 1.807) is 0 Å². The molecule has 0 unspecified atom stereocenters. The number of rotatable bonds is 13. The first-order valence-electron chi connectivity index (χ1n) is 13.7. The van der Waals surface area contributed by atoms with Gasteiger partial charge in [-0.2, -0.15) is 0 Å². The second kappa shape index (κ2) is 15.6. The third-order valence-electron chi connectivity index (χ3n) is 6.93. The van der Waals surface area contributed by atoms with Crippen molar-refractivity contribution in [3.63, 3.8) is 0 Å². The predicted molar refractivity (Wildman–Crippen MR) is 148 cm³/mol. The van der Waals surface area contributed by atoms with E-state index in [0.717, 1.165) is 4.90 Å². The lowest BCUT2D eigenvalue weighted by molar-refractivity contribution is -0.150. The molecule has 2 aliphatic rings. The Morgan fingerprint density at radius 1 is 0.795 bits per heavy atom. The van der Waals surface area contributed by atoms with E-state index in [2.05, 4.69) is 10.3 Å². The minimum atomic E-state index is -1.43. The van der Waals surface area contributed by atoms with Crippen LogP contribution in [0.2, 0.25) is 0 Å². The van der Waals surface area contributed by atoms with Crippen LogP contribution in [0.3, 0.4) is 0 Å². The maximum absolute atomic E-state index is 13.1. The lowest BCUT2D eigenvalue weighted by Gasteiger charge is -2.33. The Labute approximate surface area is 251 Å². The average Bonchev–Trinajstić information content (AvgIpc) is 3.24. The number of nitrogens with zero attached hydrogens (tertiary/aromatic N) is 5. The number of fused-ring (bicyclic) bond motifs is 2. The fourth-order valence-electron chi connectivity index (χ4n) is 4.91. The van der Waals surface area contributed by atoms with Crippen LogP contribution in [0.1, 0.15) is 34.6 Å². The van der Waals surface area contributed by atoms with Crippen LogP contribution < -0.4 is 5.32 Å². The van der Waals surface area contributed by atoms with Gasteiger partial charge in [0.05, 0.1) is 30.9 Å². The van der Waals surface area contributed by atoms with Gasteiger partial charge < -0.3 is 25.7 Å². The van der Waals surface area contributed by atoms with Gasteiger partial charge in [-0.25, -0.2) is 0 Å². The van der Waals surface area contributed by atoms with Gasteiger partial charge in [0.2, 0.25) is 0 Å². The number of aliphatic carboxylic acids is 4. The summed E-state index contributed by atoms with van der Waals surface area (Å²) in [7, 11) is 0. The predicted octanol–water partition coefficient (Wildman–Crippen LogP) is -1.86. The fraction of sp³-hybridized carbons (Fsp3) is 0.481. The molecule has 1 atom stereocenters. The van der Waals surface area contributed by atoms with Gasteiger partial charge in [0.15, 0.2) is 0 Å². The Bertz CT molecular complexity index is 1270. The van der Waals surface area contributed by atoms with E-state index in [0.29, 0.717) is 17.8 Å². The van der Waals surface area contributed by atoms with Crippen LogP contribution in [0.25, 0.3) is 0 Å². The van der Waals surface area contributed by atoms with Crippen molar-refractivity contribution in [2.75, 3.05) is 52.4 Å². The highest BCUT2D eigenvalue weighted by Crippen LogP contribution is 2.15. The number of carboxylic acids is 4. The van der Waals surface area contributed by atoms with E-state index in [-0.39, 0.29) is 57.9 Å². The highest BCUT2D eigenvalue weighted by molar-refractivity contribution is 6.12. The number of hydrogen-bond acceptors (Lipinski definition) is 11. The molecule has 238 valence electrons. The molecular weight excluding hydrogens is 584 g/mol. The zero-order valence-electron chi connectivity index (χ0n) is 23.8. The number of imide groups is 1. The Balaban J connectivity index is 1.84. The lowest BCUT2D eigenvalue weighted by atomic mass is 10.1. The molecule has 17 nitrogen and oxygen atoms in total. The van der Waals surface area contributed by atoms with E-state index in [4.69, 9.17) is 0 Å². The third kappa shape index (κ3) is 10.2. The van der Waals surface area contributed by atoms with Gasteiger partial charge in [-0.3, -0.25) is 58.1 Å². The van der Waals surface area contributed by atoms with Crippen LogP contribution in [0.5, 0.6) is 0 Å². The van der Waals surface area contributed by atoms with Crippen molar-refractivity contribution in [3.8, 4) is 0 Å². The first-order chi connectivity index (χ1) is 20.8. The molecule has 5 N–H and O–H groups in total. The molecule has 0 saturated carbocycles. The van der Waals surface area contributed by atoms with Crippen molar-refractivity contribution >= 4 is 41.6 Å². The van der Waals surface area contributed by atoms with E-state index in [9.17, 15) is 54.0 Å². The van der Waals surface area contributed by atoms with Crippen LogP contribution in [-0.4, -0.2) is 145 Å². The largest absolute Gasteiger partial charge is 0.481 e. The highest BCUT2D eigenvalue weighted by atomic mass is 16.4. The number of pyridine rings is 1. The molecule has 2 aliphatic heterocycles. The van der Waals surface area contributed by atoms with Gasteiger partial charge in [-0.05, 0) is 18.6 Å². The highest BCUT2D eigenvalue weighted by Gasteiger charge is 2.30. The van der Waals surface area contributed by atoms with Gasteiger partial charge in [0.25, 0.3) is 17.7 Å². The molecule has 44 heavy (non-hydrogen) atoms. The first-order valence-corrected chi connectivity index (χ1v) is 13.7. The van der Waals surface area contributed by atoms with Gasteiger partial charge in [0, 0.05) is 70.1 Å². The van der Waals surface area contributed by atoms with E-state index >= 15 is 0 Å². The molecule has 3 rings (SSSR count). The molecular formula is C27H34N6O11. The smallest absolute Gasteiger partial charge is 0.321 e. The first kappa shape index (κ1) is 33.8. The van der Waals surface area contributed by atoms with E-state index in [1.807, 2.05) is 0 Å². The van der Waals surface area contributed by atoms with Crippen molar-refractivity contribution in [1.29, 1.82) is 0 Å². The van der Waals surface area contributed by atoms with E-state index < -0.39 is 67.2 Å². The maximum atomic E-state index is 13.1. The lowest BCUT2D eigenvalue weighted by Crippen LogP contribution is -2.49. The Hall–Kier alpha value is -4.74. The topological polar surface area (TPSA) is 238 Å². The minimum Gasteiger partial charge on any atom is -0.481 e. The number of hydrogen-bond donors (Lipinski definition) is 5. The molecule has 17 heteroatoms. The number of aromatic nitrogens is 1. The molecule has 0 saturated heterocycles. The third-order valence-corrected chi connectivity index (χ3v) is 6.93. The van der Waals surface area contributed by atoms with Gasteiger partial charge in [-0.1, -0.05) is 0 Å². The second-order valence-electron chi connectivity index (χ2n) is 10.3. The SMILES string of the molecule is O=C(O)C[C@@H](C(=O)O)N1CCN(CC(=O)O)Cc2cc(C(=O)NCCCN3C(=O)C=CC3=O)cc(n2)CN(CC(=O)O)CC1. The second-order valence-corrected chi connectivity index (χ2v) is 10.3. The van der Waals surface area contributed by atoms with E-state index in [1.165, 1.54) is 39.0 Å². The summed E-state index contributed by atoms with van der Waals surface area (Å²) in [6.45, 7) is -0.847. The van der Waals surface area contributed by atoms with Gasteiger partial charge in [-0.15, -0.1) is 0 Å². The normalized spacial score (nSPS) is 17.5. The van der Waals surface area contributed by atoms with Crippen LogP contribution in [-0.2, 0) is 41.9 Å².